The summed E-state index contributed by atoms with van der Waals surface area (Å²) in [5.41, 5.74) is 2.53. The van der Waals surface area contributed by atoms with Crippen molar-refractivity contribution in [1.82, 2.24) is 4.98 Å². The Morgan fingerprint density at radius 3 is 2.44 bits per heavy atom. The predicted octanol–water partition coefficient (Wildman–Crippen LogP) is 5.40. The molecule has 3 aromatic rings. The van der Waals surface area contributed by atoms with E-state index in [1.54, 1.807) is 31.4 Å². The molecular weight excluding hydrogens is 400 g/mol. The van der Waals surface area contributed by atoms with Crippen molar-refractivity contribution in [2.75, 3.05) is 12.4 Å². The van der Waals surface area contributed by atoms with Crippen molar-refractivity contribution in [3.05, 3.63) is 63.4 Å². The van der Waals surface area contributed by atoms with Gasteiger partial charge in [-0.05, 0) is 42.8 Å². The lowest BCUT2D eigenvalue weighted by molar-refractivity contribution is 0.102. The molecule has 25 heavy (non-hydrogen) atoms. The molecule has 6 heteroatoms. The Bertz CT molecular complexity index is 873. The minimum atomic E-state index is -0.179. The van der Waals surface area contributed by atoms with Gasteiger partial charge in [0.05, 0.1) is 12.8 Å². The number of anilines is 1. The molecule has 128 valence electrons. The molecule has 1 heterocycles. The first kappa shape index (κ1) is 17.6. The van der Waals surface area contributed by atoms with Crippen molar-refractivity contribution in [2.24, 2.45) is 0 Å². The standard InChI is InChI=1S/C19H17BrN2O2S/c1-3-16-17(12-4-8-14(20)9-5-12)21-19(25-16)22-18(23)13-6-10-15(24-2)11-7-13/h4-11H,3H2,1-2H3,(H,21,22,23). The molecule has 3 rings (SSSR count). The number of amides is 1. The molecule has 0 aliphatic carbocycles. The highest BCUT2D eigenvalue weighted by Gasteiger charge is 2.14. The average molecular weight is 417 g/mol. The molecule has 0 unspecified atom stereocenters. The van der Waals surface area contributed by atoms with Crippen LogP contribution in [0.5, 0.6) is 5.75 Å². The van der Waals surface area contributed by atoms with Crippen LogP contribution in [0.4, 0.5) is 5.13 Å². The fourth-order valence-electron chi connectivity index (χ4n) is 2.39. The van der Waals surface area contributed by atoms with Crippen molar-refractivity contribution >= 4 is 38.3 Å². The smallest absolute Gasteiger partial charge is 0.257 e. The summed E-state index contributed by atoms with van der Waals surface area (Å²) in [7, 11) is 1.60. The molecule has 2 aromatic carbocycles. The lowest BCUT2D eigenvalue weighted by atomic mass is 10.1. The number of ether oxygens (including phenoxy) is 1. The van der Waals surface area contributed by atoms with E-state index < -0.39 is 0 Å². The summed E-state index contributed by atoms with van der Waals surface area (Å²) in [6.45, 7) is 2.09. The fourth-order valence-corrected chi connectivity index (χ4v) is 3.57. The van der Waals surface area contributed by atoms with Crippen LogP contribution in [0.25, 0.3) is 11.3 Å². The quantitative estimate of drug-likeness (QED) is 0.605. The molecule has 0 bridgehead atoms. The number of thiazole rings is 1. The van der Waals surface area contributed by atoms with Crippen molar-refractivity contribution in [3.63, 3.8) is 0 Å². The Kier molecular flexibility index (Phi) is 5.50. The van der Waals surface area contributed by atoms with Crippen LogP contribution < -0.4 is 10.1 Å². The van der Waals surface area contributed by atoms with Crippen LogP contribution in [0.15, 0.2) is 53.0 Å². The van der Waals surface area contributed by atoms with Crippen LogP contribution >= 0.6 is 27.3 Å². The molecule has 1 aromatic heterocycles. The van der Waals surface area contributed by atoms with E-state index in [9.17, 15) is 4.79 Å². The number of rotatable bonds is 5. The Morgan fingerprint density at radius 2 is 1.84 bits per heavy atom. The number of carbonyl (C=O) groups excluding carboxylic acids is 1. The zero-order valence-corrected chi connectivity index (χ0v) is 16.3. The normalized spacial score (nSPS) is 10.5. The van der Waals surface area contributed by atoms with Crippen LogP contribution in [0.1, 0.15) is 22.2 Å². The van der Waals surface area contributed by atoms with Crippen molar-refractivity contribution < 1.29 is 9.53 Å². The van der Waals surface area contributed by atoms with E-state index in [0.717, 1.165) is 32.8 Å². The van der Waals surface area contributed by atoms with E-state index in [2.05, 4.69) is 33.2 Å². The van der Waals surface area contributed by atoms with Gasteiger partial charge in [0, 0.05) is 20.5 Å². The van der Waals surface area contributed by atoms with Gasteiger partial charge in [0.1, 0.15) is 5.75 Å². The van der Waals surface area contributed by atoms with Crippen LogP contribution in [0.2, 0.25) is 0 Å². The lowest BCUT2D eigenvalue weighted by Crippen LogP contribution is -2.11. The van der Waals surface area contributed by atoms with E-state index in [0.29, 0.717) is 10.7 Å². The molecule has 0 saturated carbocycles. The summed E-state index contributed by atoms with van der Waals surface area (Å²) in [6.07, 6.45) is 0.863. The minimum absolute atomic E-state index is 0.179. The number of halogens is 1. The molecule has 0 spiro atoms. The number of nitrogens with one attached hydrogen (secondary N) is 1. The van der Waals surface area contributed by atoms with E-state index >= 15 is 0 Å². The second-order valence-electron chi connectivity index (χ2n) is 5.33. The molecule has 0 aliphatic rings. The minimum Gasteiger partial charge on any atom is -0.497 e. The molecule has 1 N–H and O–H groups in total. The molecule has 4 nitrogen and oxygen atoms in total. The summed E-state index contributed by atoms with van der Waals surface area (Å²) >= 11 is 4.95. The molecule has 0 saturated heterocycles. The third-order valence-corrected chi connectivity index (χ3v) is 5.35. The van der Waals surface area contributed by atoms with Gasteiger partial charge in [-0.15, -0.1) is 11.3 Å². The van der Waals surface area contributed by atoms with Gasteiger partial charge in [-0.2, -0.15) is 0 Å². The lowest BCUT2D eigenvalue weighted by Gasteiger charge is -2.03. The monoisotopic (exact) mass is 416 g/mol. The fraction of sp³-hybridized carbons (Fsp3) is 0.158. The van der Waals surface area contributed by atoms with E-state index in [4.69, 9.17) is 4.74 Å². The van der Waals surface area contributed by atoms with Gasteiger partial charge in [-0.1, -0.05) is 35.0 Å². The number of benzene rings is 2. The number of aryl methyl sites for hydroxylation is 1. The molecular formula is C19H17BrN2O2S. The molecule has 0 fully saturated rings. The number of methoxy groups -OCH3 is 1. The first-order valence-electron chi connectivity index (χ1n) is 7.81. The van der Waals surface area contributed by atoms with Gasteiger partial charge in [0.15, 0.2) is 5.13 Å². The maximum absolute atomic E-state index is 12.4. The highest BCUT2D eigenvalue weighted by atomic mass is 79.9. The van der Waals surface area contributed by atoms with Gasteiger partial charge >= 0.3 is 0 Å². The first-order chi connectivity index (χ1) is 12.1. The second-order valence-corrected chi connectivity index (χ2v) is 7.33. The molecule has 0 radical (unpaired) electrons. The summed E-state index contributed by atoms with van der Waals surface area (Å²) in [5, 5.41) is 3.50. The number of hydrogen-bond donors (Lipinski definition) is 1. The van der Waals surface area contributed by atoms with E-state index in [-0.39, 0.29) is 5.91 Å². The zero-order chi connectivity index (χ0) is 17.8. The summed E-state index contributed by atoms with van der Waals surface area (Å²) in [5.74, 6) is 0.540. The summed E-state index contributed by atoms with van der Waals surface area (Å²) < 4.78 is 6.14. The van der Waals surface area contributed by atoms with Gasteiger partial charge in [-0.25, -0.2) is 4.98 Å². The highest BCUT2D eigenvalue weighted by Crippen LogP contribution is 2.32. The summed E-state index contributed by atoms with van der Waals surface area (Å²) in [6, 6.07) is 15.0. The predicted molar refractivity (Wildman–Crippen MR) is 106 cm³/mol. The largest absolute Gasteiger partial charge is 0.497 e. The molecule has 0 aliphatic heterocycles. The molecule has 1 amide bonds. The highest BCUT2D eigenvalue weighted by molar-refractivity contribution is 9.10. The Labute approximate surface area is 159 Å². The van der Waals surface area contributed by atoms with Gasteiger partial charge in [0.2, 0.25) is 0 Å². The van der Waals surface area contributed by atoms with Crippen molar-refractivity contribution in [2.45, 2.75) is 13.3 Å². The third kappa shape index (κ3) is 4.08. The zero-order valence-electron chi connectivity index (χ0n) is 13.9. The second kappa shape index (κ2) is 7.80. The number of carbonyl (C=O) groups is 1. The SMILES string of the molecule is CCc1sc(NC(=O)c2ccc(OC)cc2)nc1-c1ccc(Br)cc1. The van der Waals surface area contributed by atoms with Crippen LogP contribution in [-0.2, 0) is 6.42 Å². The number of aromatic nitrogens is 1. The van der Waals surface area contributed by atoms with Crippen LogP contribution in [0, 0.1) is 0 Å². The van der Waals surface area contributed by atoms with Gasteiger partial charge in [-0.3, -0.25) is 10.1 Å². The van der Waals surface area contributed by atoms with Crippen molar-refractivity contribution in [1.29, 1.82) is 0 Å². The Hall–Kier alpha value is -2.18. The van der Waals surface area contributed by atoms with Gasteiger partial charge < -0.3 is 4.74 Å². The van der Waals surface area contributed by atoms with Crippen LogP contribution in [0.3, 0.4) is 0 Å². The Morgan fingerprint density at radius 1 is 1.16 bits per heavy atom. The number of hydrogen-bond acceptors (Lipinski definition) is 4. The first-order valence-corrected chi connectivity index (χ1v) is 9.42. The third-order valence-electron chi connectivity index (χ3n) is 3.71. The van der Waals surface area contributed by atoms with E-state index in [1.807, 2.05) is 24.3 Å². The number of nitrogens with zero attached hydrogens (tertiary/aromatic N) is 1. The van der Waals surface area contributed by atoms with E-state index in [1.165, 1.54) is 11.3 Å². The Balaban J connectivity index is 1.82. The van der Waals surface area contributed by atoms with Crippen LogP contribution in [-0.4, -0.2) is 18.0 Å². The molecule has 0 atom stereocenters. The van der Waals surface area contributed by atoms with Crippen molar-refractivity contribution in [3.8, 4) is 17.0 Å². The average Bonchev–Trinajstić information content (AvgIpc) is 3.05. The topological polar surface area (TPSA) is 51.2 Å². The maximum Gasteiger partial charge on any atom is 0.257 e. The summed E-state index contributed by atoms with van der Waals surface area (Å²) in [4.78, 5) is 18.2. The van der Waals surface area contributed by atoms with Gasteiger partial charge in [0.25, 0.3) is 5.91 Å². The maximum atomic E-state index is 12.4.